The van der Waals surface area contributed by atoms with E-state index in [-0.39, 0.29) is 12.0 Å². The maximum absolute atomic E-state index is 12.4. The molecule has 1 aromatic carbocycles. The molecule has 23 heavy (non-hydrogen) atoms. The smallest absolute Gasteiger partial charge is 0.255 e. The number of carbonyl (C=O) groups excluding carboxylic acids is 1. The van der Waals surface area contributed by atoms with Crippen LogP contribution in [-0.4, -0.2) is 30.2 Å². The third-order valence-electron chi connectivity index (χ3n) is 3.65. The molecule has 5 heteroatoms. The molecule has 0 spiro atoms. The summed E-state index contributed by atoms with van der Waals surface area (Å²) < 4.78 is 11.0. The number of amides is 1. The van der Waals surface area contributed by atoms with Gasteiger partial charge in [-0.3, -0.25) is 4.79 Å². The molecule has 0 saturated carbocycles. The quantitative estimate of drug-likeness (QED) is 0.942. The van der Waals surface area contributed by atoms with Crippen LogP contribution < -0.4 is 10.1 Å². The maximum atomic E-state index is 12.4. The summed E-state index contributed by atoms with van der Waals surface area (Å²) in [6, 6.07) is 9.29. The zero-order valence-corrected chi connectivity index (χ0v) is 13.3. The molecule has 1 fully saturated rings. The van der Waals surface area contributed by atoms with Gasteiger partial charge in [-0.05, 0) is 43.2 Å². The summed E-state index contributed by atoms with van der Waals surface area (Å²) in [6.07, 6.45) is 2.45. The number of aryl methyl sites for hydroxylation is 2. The van der Waals surface area contributed by atoms with Crippen LogP contribution in [-0.2, 0) is 4.74 Å². The van der Waals surface area contributed by atoms with Crippen LogP contribution in [0.15, 0.2) is 36.5 Å². The number of rotatable bonds is 4. The van der Waals surface area contributed by atoms with Crippen molar-refractivity contribution >= 4 is 11.6 Å². The Morgan fingerprint density at radius 2 is 2.04 bits per heavy atom. The van der Waals surface area contributed by atoms with E-state index in [2.05, 4.69) is 16.4 Å². The van der Waals surface area contributed by atoms with Crippen molar-refractivity contribution in [3.63, 3.8) is 0 Å². The zero-order valence-electron chi connectivity index (χ0n) is 13.3. The van der Waals surface area contributed by atoms with Gasteiger partial charge in [0.15, 0.2) is 0 Å². The molecular weight excluding hydrogens is 292 g/mol. The molecule has 1 aliphatic heterocycles. The van der Waals surface area contributed by atoms with Crippen molar-refractivity contribution in [2.75, 3.05) is 18.5 Å². The summed E-state index contributed by atoms with van der Waals surface area (Å²) in [5.74, 6) is 0.276. The summed E-state index contributed by atoms with van der Waals surface area (Å²) in [5.41, 5.74) is 3.53. The molecule has 1 saturated heterocycles. The molecule has 5 nitrogen and oxygen atoms in total. The van der Waals surface area contributed by atoms with Crippen LogP contribution in [0.1, 0.15) is 27.9 Å². The fourth-order valence-corrected chi connectivity index (χ4v) is 2.64. The number of hydrogen-bond acceptors (Lipinski definition) is 4. The topological polar surface area (TPSA) is 60.5 Å². The first-order valence-corrected chi connectivity index (χ1v) is 7.70. The van der Waals surface area contributed by atoms with E-state index in [1.807, 2.05) is 26.0 Å². The van der Waals surface area contributed by atoms with Gasteiger partial charge < -0.3 is 14.8 Å². The number of nitrogens with one attached hydrogen (secondary N) is 1. The molecule has 1 atom stereocenters. The van der Waals surface area contributed by atoms with Gasteiger partial charge in [0.2, 0.25) is 5.88 Å². The monoisotopic (exact) mass is 312 g/mol. The van der Waals surface area contributed by atoms with Crippen molar-refractivity contribution in [1.82, 2.24) is 4.98 Å². The Kier molecular flexibility index (Phi) is 4.57. The third-order valence-corrected chi connectivity index (χ3v) is 3.65. The molecule has 120 valence electrons. The standard InChI is InChI=1S/C18H20N2O3/c1-12-7-13(2)9-15(8-12)20-18(21)14-3-5-19-17(10-14)23-16-4-6-22-11-16/h3,5,7-10,16H,4,6,11H2,1-2H3,(H,20,21). The van der Waals surface area contributed by atoms with Crippen LogP contribution in [0.4, 0.5) is 5.69 Å². The number of aromatic nitrogens is 1. The van der Waals surface area contributed by atoms with Gasteiger partial charge in [0.25, 0.3) is 5.91 Å². The average molecular weight is 312 g/mol. The number of nitrogens with zero attached hydrogens (tertiary/aromatic N) is 1. The Balaban J connectivity index is 1.71. The molecule has 0 aliphatic carbocycles. The maximum Gasteiger partial charge on any atom is 0.255 e. The van der Waals surface area contributed by atoms with Crippen molar-refractivity contribution in [2.24, 2.45) is 0 Å². The first-order chi connectivity index (χ1) is 11.1. The number of benzene rings is 1. The van der Waals surface area contributed by atoms with E-state index in [4.69, 9.17) is 9.47 Å². The lowest BCUT2D eigenvalue weighted by Crippen LogP contribution is -2.17. The lowest BCUT2D eigenvalue weighted by atomic mass is 10.1. The Hall–Kier alpha value is -2.40. The molecule has 1 aromatic heterocycles. The highest BCUT2D eigenvalue weighted by molar-refractivity contribution is 6.04. The fraction of sp³-hybridized carbons (Fsp3) is 0.333. The summed E-state index contributed by atoms with van der Waals surface area (Å²) in [4.78, 5) is 16.6. The minimum absolute atomic E-state index is 0.0141. The summed E-state index contributed by atoms with van der Waals surface area (Å²) >= 11 is 0. The minimum atomic E-state index is -0.176. The molecule has 0 radical (unpaired) electrons. The van der Waals surface area contributed by atoms with Crippen LogP contribution in [0.3, 0.4) is 0 Å². The average Bonchev–Trinajstić information content (AvgIpc) is 2.99. The Labute approximate surface area is 135 Å². The van der Waals surface area contributed by atoms with Crippen LogP contribution >= 0.6 is 0 Å². The third kappa shape index (κ3) is 4.07. The highest BCUT2D eigenvalue weighted by Crippen LogP contribution is 2.18. The Morgan fingerprint density at radius 3 is 2.74 bits per heavy atom. The molecule has 1 amide bonds. The second-order valence-corrected chi connectivity index (χ2v) is 5.82. The summed E-state index contributed by atoms with van der Waals surface area (Å²) in [6.45, 7) is 5.29. The first kappa shape index (κ1) is 15.5. The number of ether oxygens (including phenoxy) is 2. The van der Waals surface area contributed by atoms with E-state index >= 15 is 0 Å². The molecule has 2 heterocycles. The van der Waals surface area contributed by atoms with Gasteiger partial charge in [-0.2, -0.15) is 0 Å². The molecular formula is C18H20N2O3. The van der Waals surface area contributed by atoms with Gasteiger partial charge in [-0.1, -0.05) is 6.07 Å². The highest BCUT2D eigenvalue weighted by Gasteiger charge is 2.18. The number of pyridine rings is 1. The van der Waals surface area contributed by atoms with Gasteiger partial charge in [-0.25, -0.2) is 4.98 Å². The van der Waals surface area contributed by atoms with Gasteiger partial charge in [-0.15, -0.1) is 0 Å². The minimum Gasteiger partial charge on any atom is -0.472 e. The fourth-order valence-electron chi connectivity index (χ4n) is 2.64. The van der Waals surface area contributed by atoms with E-state index in [9.17, 15) is 4.79 Å². The zero-order chi connectivity index (χ0) is 16.2. The van der Waals surface area contributed by atoms with Crippen molar-refractivity contribution in [3.05, 3.63) is 53.2 Å². The van der Waals surface area contributed by atoms with Crippen molar-refractivity contribution < 1.29 is 14.3 Å². The predicted octanol–water partition coefficient (Wildman–Crippen LogP) is 3.12. The Morgan fingerprint density at radius 1 is 1.26 bits per heavy atom. The second kappa shape index (κ2) is 6.79. The molecule has 0 bridgehead atoms. The van der Waals surface area contributed by atoms with Gasteiger partial charge in [0, 0.05) is 29.9 Å². The van der Waals surface area contributed by atoms with E-state index in [0.717, 1.165) is 23.2 Å². The van der Waals surface area contributed by atoms with Crippen LogP contribution in [0, 0.1) is 13.8 Å². The van der Waals surface area contributed by atoms with Gasteiger partial charge >= 0.3 is 0 Å². The number of anilines is 1. The van der Waals surface area contributed by atoms with Crippen molar-refractivity contribution in [3.8, 4) is 5.88 Å². The van der Waals surface area contributed by atoms with E-state index < -0.39 is 0 Å². The largest absolute Gasteiger partial charge is 0.472 e. The summed E-state index contributed by atoms with van der Waals surface area (Å²) in [5, 5.41) is 2.91. The summed E-state index contributed by atoms with van der Waals surface area (Å²) in [7, 11) is 0. The Bertz CT molecular complexity index is 689. The van der Waals surface area contributed by atoms with Crippen LogP contribution in [0.5, 0.6) is 5.88 Å². The second-order valence-electron chi connectivity index (χ2n) is 5.82. The first-order valence-electron chi connectivity index (χ1n) is 7.70. The highest BCUT2D eigenvalue weighted by atomic mass is 16.5. The van der Waals surface area contributed by atoms with E-state index in [0.29, 0.717) is 24.7 Å². The van der Waals surface area contributed by atoms with Crippen molar-refractivity contribution in [2.45, 2.75) is 26.4 Å². The van der Waals surface area contributed by atoms with Crippen LogP contribution in [0.25, 0.3) is 0 Å². The molecule has 1 unspecified atom stereocenters. The molecule has 2 aromatic rings. The van der Waals surface area contributed by atoms with E-state index in [1.165, 1.54) is 0 Å². The van der Waals surface area contributed by atoms with Gasteiger partial charge in [0.05, 0.1) is 13.2 Å². The molecule has 1 aliphatic rings. The molecule has 3 rings (SSSR count). The van der Waals surface area contributed by atoms with Crippen molar-refractivity contribution in [1.29, 1.82) is 0 Å². The van der Waals surface area contributed by atoms with E-state index in [1.54, 1.807) is 18.3 Å². The molecule has 1 N–H and O–H groups in total. The lowest BCUT2D eigenvalue weighted by molar-refractivity contribution is 0.102. The van der Waals surface area contributed by atoms with Crippen LogP contribution in [0.2, 0.25) is 0 Å². The number of hydrogen-bond donors (Lipinski definition) is 1. The normalized spacial score (nSPS) is 17.0. The predicted molar refractivity (Wildman–Crippen MR) is 88.0 cm³/mol. The lowest BCUT2D eigenvalue weighted by Gasteiger charge is -2.12. The SMILES string of the molecule is Cc1cc(C)cc(NC(=O)c2ccnc(OC3CCOC3)c2)c1. The van der Waals surface area contributed by atoms with Gasteiger partial charge in [0.1, 0.15) is 6.10 Å². The number of carbonyl (C=O) groups is 1.